The van der Waals surface area contributed by atoms with Crippen molar-refractivity contribution in [3.63, 3.8) is 0 Å². The van der Waals surface area contributed by atoms with Crippen molar-refractivity contribution in [2.75, 3.05) is 37.6 Å². The Morgan fingerprint density at radius 1 is 1.11 bits per heavy atom. The molecule has 0 amide bonds. The molecule has 2 saturated heterocycles. The van der Waals surface area contributed by atoms with Gasteiger partial charge in [-0.2, -0.15) is 0 Å². The second-order valence-electron chi connectivity index (χ2n) is 8.18. The van der Waals surface area contributed by atoms with E-state index in [-0.39, 0.29) is 12.4 Å². The van der Waals surface area contributed by atoms with E-state index >= 15 is 0 Å². The number of nitrogen functional groups attached to an aromatic ring is 1. The van der Waals surface area contributed by atoms with Gasteiger partial charge in [-0.1, -0.05) is 0 Å². The third kappa shape index (κ3) is 4.25. The van der Waals surface area contributed by atoms with Crippen LogP contribution in [0.1, 0.15) is 44.6 Å². The van der Waals surface area contributed by atoms with Crippen LogP contribution in [0.4, 0.5) is 5.69 Å². The highest BCUT2D eigenvalue weighted by molar-refractivity contribution is 7.90. The van der Waals surface area contributed by atoms with Crippen molar-refractivity contribution in [2.24, 2.45) is 0 Å². The number of anilines is 1. The molecule has 1 aliphatic carbocycles. The van der Waals surface area contributed by atoms with Gasteiger partial charge in [0.25, 0.3) is 5.88 Å². The van der Waals surface area contributed by atoms with Gasteiger partial charge in [-0.3, -0.25) is 9.58 Å². The molecule has 152 valence electrons. The molecular formula is C18H30N4O4S. The van der Waals surface area contributed by atoms with E-state index in [0.717, 1.165) is 26.1 Å². The zero-order valence-electron chi connectivity index (χ0n) is 15.9. The zero-order chi connectivity index (χ0) is 19.0. The predicted octanol–water partition coefficient (Wildman–Crippen LogP) is 1.24. The van der Waals surface area contributed by atoms with Gasteiger partial charge < -0.3 is 15.2 Å². The van der Waals surface area contributed by atoms with E-state index in [1.54, 1.807) is 0 Å². The number of fused-ring (bicyclic) bond motifs is 2. The van der Waals surface area contributed by atoms with Crippen molar-refractivity contribution in [2.45, 2.75) is 62.7 Å². The van der Waals surface area contributed by atoms with E-state index in [0.29, 0.717) is 35.7 Å². The summed E-state index contributed by atoms with van der Waals surface area (Å²) in [6.45, 7) is 1.85. The number of nitrogens with two attached hydrogens (primary N) is 1. The van der Waals surface area contributed by atoms with Crippen molar-refractivity contribution in [3.05, 3.63) is 6.20 Å². The Morgan fingerprint density at radius 2 is 1.70 bits per heavy atom. The number of rotatable bonds is 6. The predicted molar refractivity (Wildman–Crippen MR) is 103 cm³/mol. The normalized spacial score (nSPS) is 31.9. The van der Waals surface area contributed by atoms with Gasteiger partial charge in [0, 0.05) is 24.4 Å². The number of hydrogen-bond acceptors (Lipinski definition) is 7. The van der Waals surface area contributed by atoms with E-state index in [4.69, 9.17) is 15.2 Å². The Labute approximate surface area is 160 Å². The van der Waals surface area contributed by atoms with Gasteiger partial charge in [-0.05, 0) is 38.5 Å². The van der Waals surface area contributed by atoms with Crippen LogP contribution in [0.15, 0.2) is 6.20 Å². The van der Waals surface area contributed by atoms with Crippen molar-refractivity contribution in [1.29, 1.82) is 0 Å². The Morgan fingerprint density at radius 3 is 2.33 bits per heavy atom. The van der Waals surface area contributed by atoms with Gasteiger partial charge in [0.2, 0.25) is 0 Å². The van der Waals surface area contributed by atoms with Gasteiger partial charge in [-0.15, -0.1) is 5.10 Å². The molecule has 1 aromatic heterocycles. The molecule has 0 aromatic carbocycles. The third-order valence-electron chi connectivity index (χ3n) is 6.18. The highest BCUT2D eigenvalue weighted by atomic mass is 32.2. The lowest BCUT2D eigenvalue weighted by Gasteiger charge is -2.43. The number of nitrogens with zero attached hydrogens (tertiary/aromatic N) is 3. The number of aromatic nitrogens is 2. The third-order valence-corrected chi connectivity index (χ3v) is 7.08. The first-order chi connectivity index (χ1) is 12.9. The molecule has 8 nitrogen and oxygen atoms in total. The summed E-state index contributed by atoms with van der Waals surface area (Å²) in [5.41, 5.74) is 6.48. The average Bonchev–Trinajstić information content (AvgIpc) is 3.10. The summed E-state index contributed by atoms with van der Waals surface area (Å²) in [5, 5.41) is 4.47. The van der Waals surface area contributed by atoms with E-state index in [9.17, 15) is 8.42 Å². The average molecular weight is 399 g/mol. The SMILES string of the molecule is CS(=O)(=O)CCOc1nn([C@H]2CC[C@H](N3[C@@H]4CC[C@H]3COC4)CC2)cc1N. The Bertz CT molecular complexity index is 741. The summed E-state index contributed by atoms with van der Waals surface area (Å²) in [4.78, 5) is 2.73. The largest absolute Gasteiger partial charge is 0.474 e. The van der Waals surface area contributed by atoms with E-state index in [1.165, 1.54) is 31.9 Å². The lowest BCUT2D eigenvalue weighted by Crippen LogP contribution is -2.52. The molecule has 0 radical (unpaired) electrons. The van der Waals surface area contributed by atoms with Gasteiger partial charge in [-0.25, -0.2) is 8.42 Å². The second kappa shape index (κ2) is 7.60. The minimum Gasteiger partial charge on any atom is -0.474 e. The molecule has 0 unspecified atom stereocenters. The second-order valence-corrected chi connectivity index (χ2v) is 10.4. The van der Waals surface area contributed by atoms with Crippen LogP contribution in [0.3, 0.4) is 0 Å². The summed E-state index contributed by atoms with van der Waals surface area (Å²) in [6, 6.07) is 2.21. The first-order valence-corrected chi connectivity index (χ1v) is 12.0. The van der Waals surface area contributed by atoms with Gasteiger partial charge in [0.1, 0.15) is 12.3 Å². The van der Waals surface area contributed by atoms with Crippen LogP contribution >= 0.6 is 0 Å². The number of morpholine rings is 1. The van der Waals surface area contributed by atoms with Gasteiger partial charge in [0.15, 0.2) is 9.84 Å². The molecule has 2 atom stereocenters. The topological polar surface area (TPSA) is 99.7 Å². The van der Waals surface area contributed by atoms with Gasteiger partial charge >= 0.3 is 0 Å². The van der Waals surface area contributed by atoms with Crippen LogP contribution in [0.2, 0.25) is 0 Å². The van der Waals surface area contributed by atoms with Crippen molar-refractivity contribution in [1.82, 2.24) is 14.7 Å². The van der Waals surface area contributed by atoms with E-state index in [1.807, 2.05) is 10.9 Å². The summed E-state index contributed by atoms with van der Waals surface area (Å²) >= 11 is 0. The molecular weight excluding hydrogens is 368 g/mol. The molecule has 4 rings (SSSR count). The van der Waals surface area contributed by atoms with Crippen molar-refractivity contribution < 1.29 is 17.9 Å². The van der Waals surface area contributed by atoms with Crippen LogP contribution in [0, 0.1) is 0 Å². The first kappa shape index (κ1) is 19.0. The maximum atomic E-state index is 11.2. The fraction of sp³-hybridized carbons (Fsp3) is 0.833. The number of sulfone groups is 1. The maximum Gasteiger partial charge on any atom is 0.256 e. The molecule has 0 spiro atoms. The lowest BCUT2D eigenvalue weighted by atomic mass is 9.89. The molecule has 3 aliphatic rings. The molecule has 3 heterocycles. The zero-order valence-corrected chi connectivity index (χ0v) is 16.7. The summed E-state index contributed by atoms with van der Waals surface area (Å²) < 4.78 is 35.6. The van der Waals surface area contributed by atoms with Crippen LogP contribution in [-0.2, 0) is 14.6 Å². The fourth-order valence-electron chi connectivity index (χ4n) is 4.86. The standard InChI is InChI=1S/C18H30N4O4S/c1-27(23,24)9-8-26-18-17(19)10-21(20-18)13-2-4-14(5-3-13)22-15-6-7-16(22)12-25-11-15/h10,13-16H,2-9,11-12,19H2,1H3/t13-,14-,15-,16+. The Kier molecular flexibility index (Phi) is 5.35. The Hall–Kier alpha value is -1.32. The van der Waals surface area contributed by atoms with Crippen LogP contribution in [0.25, 0.3) is 0 Å². The number of hydrogen-bond donors (Lipinski definition) is 1. The molecule has 1 saturated carbocycles. The minimum absolute atomic E-state index is 0.0354. The van der Waals surface area contributed by atoms with Crippen LogP contribution in [0.5, 0.6) is 5.88 Å². The molecule has 1 aromatic rings. The quantitative estimate of drug-likeness (QED) is 0.769. The molecule has 2 aliphatic heterocycles. The highest BCUT2D eigenvalue weighted by Gasteiger charge is 2.42. The number of ether oxygens (including phenoxy) is 2. The summed E-state index contributed by atoms with van der Waals surface area (Å²) in [6.07, 6.45) is 10.0. The van der Waals surface area contributed by atoms with Crippen molar-refractivity contribution in [3.8, 4) is 5.88 Å². The van der Waals surface area contributed by atoms with Crippen LogP contribution < -0.4 is 10.5 Å². The smallest absolute Gasteiger partial charge is 0.256 e. The fourth-order valence-corrected chi connectivity index (χ4v) is 5.24. The lowest BCUT2D eigenvalue weighted by molar-refractivity contribution is -0.0458. The molecule has 2 bridgehead atoms. The maximum absolute atomic E-state index is 11.2. The monoisotopic (exact) mass is 398 g/mol. The van der Waals surface area contributed by atoms with E-state index < -0.39 is 9.84 Å². The molecule has 2 N–H and O–H groups in total. The molecule has 27 heavy (non-hydrogen) atoms. The Balaban J connectivity index is 1.32. The van der Waals surface area contributed by atoms with E-state index in [2.05, 4.69) is 10.00 Å². The molecule has 9 heteroatoms. The van der Waals surface area contributed by atoms with Crippen molar-refractivity contribution >= 4 is 15.5 Å². The highest BCUT2D eigenvalue weighted by Crippen LogP contribution is 2.38. The first-order valence-electron chi connectivity index (χ1n) is 9.91. The van der Waals surface area contributed by atoms with Gasteiger partial charge in [0.05, 0.1) is 31.2 Å². The van der Waals surface area contributed by atoms with Crippen LogP contribution in [-0.4, -0.2) is 73.1 Å². The minimum atomic E-state index is -3.06. The molecule has 3 fully saturated rings. The summed E-state index contributed by atoms with van der Waals surface area (Å²) in [7, 11) is -3.06. The summed E-state index contributed by atoms with van der Waals surface area (Å²) in [5.74, 6) is 0.304.